The molecule has 1 amide bonds. The molecule has 0 fully saturated rings. The number of nitrogens with zero attached hydrogens (tertiary/aromatic N) is 4. The van der Waals surface area contributed by atoms with Gasteiger partial charge in [-0.25, -0.2) is 4.98 Å². The Morgan fingerprint density at radius 3 is 2.33 bits per heavy atom. The van der Waals surface area contributed by atoms with Crippen LogP contribution < -0.4 is 4.90 Å². The summed E-state index contributed by atoms with van der Waals surface area (Å²) in [6.45, 7) is 0. The van der Waals surface area contributed by atoms with Crippen molar-refractivity contribution in [1.29, 1.82) is 0 Å². The molecule has 0 N–H and O–H groups in total. The Hall–Kier alpha value is -3.68. The quantitative estimate of drug-likeness (QED) is 0.481. The van der Waals surface area contributed by atoms with E-state index in [1.54, 1.807) is 26.4 Å². The molecule has 4 rings (SSSR count). The van der Waals surface area contributed by atoms with Gasteiger partial charge >= 0.3 is 6.18 Å². The molecule has 0 aliphatic carbocycles. The number of benzene rings is 2. The van der Waals surface area contributed by atoms with Gasteiger partial charge in [-0.3, -0.25) is 9.48 Å². The van der Waals surface area contributed by atoms with Gasteiger partial charge in [0.15, 0.2) is 5.65 Å². The van der Waals surface area contributed by atoms with E-state index in [-0.39, 0.29) is 5.91 Å². The van der Waals surface area contributed by atoms with Crippen LogP contribution in [0.3, 0.4) is 0 Å². The summed E-state index contributed by atoms with van der Waals surface area (Å²) in [6.07, 6.45) is -2.86. The highest BCUT2D eigenvalue weighted by molar-refractivity contribution is 6.13. The van der Waals surface area contributed by atoms with Gasteiger partial charge in [0.2, 0.25) is 0 Å². The standard InChI is InChI=1S/C22H17F3N4O/c1-28(16-6-4-3-5-7-16)21(30)17-12-19(27-20-18(17)13-26-29(20)2)14-8-10-15(11-9-14)22(23,24)25/h3-13H,1-2H3. The molecule has 2 aromatic heterocycles. The van der Waals surface area contributed by atoms with Crippen molar-refractivity contribution in [1.82, 2.24) is 14.8 Å². The lowest BCUT2D eigenvalue weighted by atomic mass is 10.0. The summed E-state index contributed by atoms with van der Waals surface area (Å²) in [5.41, 5.74) is 1.68. The second-order valence-electron chi connectivity index (χ2n) is 6.84. The minimum Gasteiger partial charge on any atom is -0.311 e. The normalized spacial score (nSPS) is 11.6. The molecule has 0 spiro atoms. The zero-order valence-corrected chi connectivity index (χ0v) is 16.2. The zero-order valence-electron chi connectivity index (χ0n) is 16.2. The smallest absolute Gasteiger partial charge is 0.311 e. The summed E-state index contributed by atoms with van der Waals surface area (Å²) in [4.78, 5) is 19.3. The Kier molecular flexibility index (Phi) is 4.77. The Bertz CT molecular complexity index is 1220. The van der Waals surface area contributed by atoms with Crippen LogP contribution in [-0.4, -0.2) is 27.7 Å². The minimum atomic E-state index is -4.42. The molecule has 8 heteroatoms. The molecule has 2 heterocycles. The number of halogens is 3. The highest BCUT2D eigenvalue weighted by atomic mass is 19.4. The highest BCUT2D eigenvalue weighted by Crippen LogP contribution is 2.32. The minimum absolute atomic E-state index is 0.269. The van der Waals surface area contributed by atoms with E-state index >= 15 is 0 Å². The lowest BCUT2D eigenvalue weighted by molar-refractivity contribution is -0.137. The van der Waals surface area contributed by atoms with Gasteiger partial charge in [-0.2, -0.15) is 18.3 Å². The third kappa shape index (κ3) is 3.52. The van der Waals surface area contributed by atoms with Gasteiger partial charge in [0, 0.05) is 25.3 Å². The van der Waals surface area contributed by atoms with E-state index in [9.17, 15) is 18.0 Å². The van der Waals surface area contributed by atoms with E-state index in [1.807, 2.05) is 30.3 Å². The Morgan fingerprint density at radius 1 is 1.03 bits per heavy atom. The Balaban J connectivity index is 1.82. The number of carbonyl (C=O) groups excluding carboxylic acids is 1. The number of aryl methyl sites for hydroxylation is 1. The van der Waals surface area contributed by atoms with Gasteiger partial charge in [0.05, 0.1) is 28.4 Å². The molecule has 30 heavy (non-hydrogen) atoms. The maximum Gasteiger partial charge on any atom is 0.416 e. The van der Waals surface area contributed by atoms with Gasteiger partial charge in [-0.05, 0) is 30.3 Å². The fourth-order valence-electron chi connectivity index (χ4n) is 3.22. The van der Waals surface area contributed by atoms with Crippen molar-refractivity contribution in [3.8, 4) is 11.3 Å². The molecule has 152 valence electrons. The number of aromatic nitrogens is 3. The fraction of sp³-hybridized carbons (Fsp3) is 0.136. The van der Waals surface area contributed by atoms with E-state index < -0.39 is 11.7 Å². The third-order valence-electron chi connectivity index (χ3n) is 4.89. The maximum absolute atomic E-state index is 13.2. The van der Waals surface area contributed by atoms with Gasteiger partial charge in [0.25, 0.3) is 5.91 Å². The average Bonchev–Trinajstić information content (AvgIpc) is 3.13. The van der Waals surface area contributed by atoms with Crippen molar-refractivity contribution >= 4 is 22.6 Å². The monoisotopic (exact) mass is 410 g/mol. The molecular weight excluding hydrogens is 393 g/mol. The van der Waals surface area contributed by atoms with E-state index in [2.05, 4.69) is 10.1 Å². The Morgan fingerprint density at radius 2 is 1.70 bits per heavy atom. The molecule has 0 unspecified atom stereocenters. The van der Waals surface area contributed by atoms with Gasteiger partial charge in [-0.1, -0.05) is 30.3 Å². The van der Waals surface area contributed by atoms with Gasteiger partial charge in [0.1, 0.15) is 0 Å². The number of amides is 1. The predicted octanol–water partition coefficient (Wildman–Crippen LogP) is 4.93. The van der Waals surface area contributed by atoms with Gasteiger partial charge in [-0.15, -0.1) is 0 Å². The van der Waals surface area contributed by atoms with Crippen LogP contribution in [0.2, 0.25) is 0 Å². The number of alkyl halides is 3. The van der Waals surface area contributed by atoms with Crippen LogP contribution in [0.25, 0.3) is 22.3 Å². The summed E-state index contributed by atoms with van der Waals surface area (Å²) < 4.78 is 40.2. The molecule has 0 atom stereocenters. The zero-order chi connectivity index (χ0) is 21.5. The molecule has 0 aliphatic rings. The van der Waals surface area contributed by atoms with E-state index in [0.717, 1.165) is 12.1 Å². The summed E-state index contributed by atoms with van der Waals surface area (Å²) >= 11 is 0. The van der Waals surface area contributed by atoms with Crippen LogP contribution in [0, 0.1) is 0 Å². The van der Waals surface area contributed by atoms with Crippen LogP contribution in [0.15, 0.2) is 66.9 Å². The number of anilines is 1. The van der Waals surface area contributed by atoms with Crippen molar-refractivity contribution in [3.63, 3.8) is 0 Å². The molecule has 0 aliphatic heterocycles. The SMILES string of the molecule is CN(C(=O)c1cc(-c2ccc(C(F)(F)F)cc2)nc2c1cnn2C)c1ccccc1. The van der Waals surface area contributed by atoms with Crippen molar-refractivity contribution in [2.45, 2.75) is 6.18 Å². The summed E-state index contributed by atoms with van der Waals surface area (Å²) in [7, 11) is 3.36. The number of para-hydroxylation sites is 1. The summed E-state index contributed by atoms with van der Waals surface area (Å²) in [6, 6.07) is 15.4. The highest BCUT2D eigenvalue weighted by Gasteiger charge is 2.30. The molecule has 2 aromatic carbocycles. The van der Waals surface area contributed by atoms with E-state index in [1.165, 1.54) is 21.7 Å². The first-order chi connectivity index (χ1) is 14.3. The second kappa shape index (κ2) is 7.29. The molecule has 0 bridgehead atoms. The predicted molar refractivity (Wildman–Crippen MR) is 108 cm³/mol. The van der Waals surface area contributed by atoms with Crippen LogP contribution >= 0.6 is 0 Å². The summed E-state index contributed by atoms with van der Waals surface area (Å²) in [5, 5.41) is 4.76. The number of hydrogen-bond acceptors (Lipinski definition) is 3. The van der Waals surface area contributed by atoms with Crippen molar-refractivity contribution < 1.29 is 18.0 Å². The maximum atomic E-state index is 13.2. The van der Waals surface area contributed by atoms with Crippen molar-refractivity contribution in [2.75, 3.05) is 11.9 Å². The molecule has 0 saturated heterocycles. The molecular formula is C22H17F3N4O. The van der Waals surface area contributed by atoms with Crippen LogP contribution in [0.4, 0.5) is 18.9 Å². The van der Waals surface area contributed by atoms with Crippen LogP contribution in [0.1, 0.15) is 15.9 Å². The molecule has 0 saturated carbocycles. The van der Waals surface area contributed by atoms with Gasteiger partial charge < -0.3 is 4.90 Å². The molecule has 4 aromatic rings. The molecule has 5 nitrogen and oxygen atoms in total. The van der Waals surface area contributed by atoms with E-state index in [4.69, 9.17) is 0 Å². The summed E-state index contributed by atoms with van der Waals surface area (Å²) in [5.74, 6) is -0.269. The number of pyridine rings is 1. The number of rotatable bonds is 3. The second-order valence-corrected chi connectivity index (χ2v) is 6.84. The first kappa shape index (κ1) is 19.6. The average molecular weight is 410 g/mol. The number of fused-ring (bicyclic) bond motifs is 1. The molecule has 0 radical (unpaired) electrons. The first-order valence-corrected chi connectivity index (χ1v) is 9.09. The lowest BCUT2D eigenvalue weighted by Crippen LogP contribution is -2.26. The first-order valence-electron chi connectivity index (χ1n) is 9.09. The van der Waals surface area contributed by atoms with Crippen LogP contribution in [-0.2, 0) is 13.2 Å². The number of hydrogen-bond donors (Lipinski definition) is 0. The topological polar surface area (TPSA) is 51.0 Å². The third-order valence-corrected chi connectivity index (χ3v) is 4.89. The lowest BCUT2D eigenvalue weighted by Gasteiger charge is -2.18. The van der Waals surface area contributed by atoms with Crippen LogP contribution in [0.5, 0.6) is 0 Å². The number of carbonyl (C=O) groups is 1. The van der Waals surface area contributed by atoms with E-state index in [0.29, 0.717) is 33.5 Å². The fourth-order valence-corrected chi connectivity index (χ4v) is 3.22. The Labute approximate surface area is 170 Å². The van der Waals surface area contributed by atoms with Crippen molar-refractivity contribution in [3.05, 3.63) is 78.0 Å². The van der Waals surface area contributed by atoms with Crippen molar-refractivity contribution in [2.24, 2.45) is 7.05 Å². The largest absolute Gasteiger partial charge is 0.416 e.